The van der Waals surface area contributed by atoms with Gasteiger partial charge in [-0.15, -0.1) is 0 Å². The Balaban J connectivity index is 2.69. The molecule has 0 saturated heterocycles. The van der Waals surface area contributed by atoms with Crippen molar-refractivity contribution in [3.8, 4) is 0 Å². The minimum atomic E-state index is -0.647. The molecule has 6 heteroatoms. The first-order valence-corrected chi connectivity index (χ1v) is 6.88. The highest BCUT2D eigenvalue weighted by atomic mass is 32.2. The van der Waals surface area contributed by atoms with Gasteiger partial charge in [-0.2, -0.15) is 11.8 Å². The molecule has 2 amide bonds. The number of nitrogen functional groups attached to an aromatic ring is 1. The SMILES string of the molecule is CSCCC(NC(=O)c1cccc(N)c1)C(N)=O. The van der Waals surface area contributed by atoms with Crippen LogP contribution in [-0.4, -0.2) is 29.9 Å². The van der Waals surface area contributed by atoms with Crippen LogP contribution in [0.5, 0.6) is 0 Å². The number of benzene rings is 1. The summed E-state index contributed by atoms with van der Waals surface area (Å²) in [4.78, 5) is 23.1. The molecule has 0 fully saturated rings. The van der Waals surface area contributed by atoms with Crippen molar-refractivity contribution in [1.29, 1.82) is 0 Å². The van der Waals surface area contributed by atoms with Crippen molar-refractivity contribution < 1.29 is 9.59 Å². The Morgan fingerprint density at radius 3 is 2.72 bits per heavy atom. The van der Waals surface area contributed by atoms with Gasteiger partial charge in [-0.25, -0.2) is 0 Å². The fraction of sp³-hybridized carbons (Fsp3) is 0.333. The van der Waals surface area contributed by atoms with Crippen LogP contribution in [0.2, 0.25) is 0 Å². The lowest BCUT2D eigenvalue weighted by Gasteiger charge is -2.15. The molecule has 0 aliphatic rings. The number of amides is 2. The minimum Gasteiger partial charge on any atom is -0.399 e. The quantitative estimate of drug-likeness (QED) is 0.657. The molecule has 0 aliphatic carbocycles. The Labute approximate surface area is 110 Å². The average molecular weight is 267 g/mol. The van der Waals surface area contributed by atoms with E-state index in [-0.39, 0.29) is 5.91 Å². The summed E-state index contributed by atoms with van der Waals surface area (Å²) in [7, 11) is 0. The van der Waals surface area contributed by atoms with Crippen LogP contribution >= 0.6 is 11.8 Å². The molecule has 0 radical (unpaired) electrons. The zero-order valence-corrected chi connectivity index (χ0v) is 11.0. The van der Waals surface area contributed by atoms with Crippen LogP contribution in [0, 0.1) is 0 Å². The summed E-state index contributed by atoms with van der Waals surface area (Å²) in [5.74, 6) is -0.112. The largest absolute Gasteiger partial charge is 0.399 e. The average Bonchev–Trinajstić information content (AvgIpc) is 2.33. The second kappa shape index (κ2) is 6.90. The number of hydrogen-bond donors (Lipinski definition) is 3. The maximum absolute atomic E-state index is 11.9. The molecule has 5 N–H and O–H groups in total. The lowest BCUT2D eigenvalue weighted by atomic mass is 10.1. The molecule has 0 aliphatic heterocycles. The van der Waals surface area contributed by atoms with E-state index < -0.39 is 11.9 Å². The molecule has 0 bridgehead atoms. The molecule has 0 aromatic heterocycles. The fourth-order valence-electron chi connectivity index (χ4n) is 1.44. The highest BCUT2D eigenvalue weighted by Crippen LogP contribution is 2.07. The van der Waals surface area contributed by atoms with E-state index in [1.807, 2.05) is 6.26 Å². The zero-order valence-electron chi connectivity index (χ0n) is 10.2. The smallest absolute Gasteiger partial charge is 0.252 e. The normalized spacial score (nSPS) is 11.8. The maximum atomic E-state index is 11.9. The van der Waals surface area contributed by atoms with Crippen LogP contribution in [0.3, 0.4) is 0 Å². The predicted molar refractivity (Wildman–Crippen MR) is 74.3 cm³/mol. The van der Waals surface area contributed by atoms with Gasteiger partial charge in [-0.05, 0) is 36.6 Å². The number of hydrogen-bond acceptors (Lipinski definition) is 4. The molecule has 1 unspecified atom stereocenters. The standard InChI is InChI=1S/C12H17N3O2S/c1-18-6-5-10(11(14)16)15-12(17)8-3-2-4-9(13)7-8/h2-4,7,10H,5-6,13H2,1H3,(H2,14,16)(H,15,17). The molecule has 5 nitrogen and oxygen atoms in total. The van der Waals surface area contributed by atoms with E-state index in [1.165, 1.54) is 0 Å². The van der Waals surface area contributed by atoms with Crippen LogP contribution in [-0.2, 0) is 4.79 Å². The number of primary amides is 1. The van der Waals surface area contributed by atoms with Gasteiger partial charge in [0, 0.05) is 11.3 Å². The minimum absolute atomic E-state index is 0.341. The third kappa shape index (κ3) is 4.29. The van der Waals surface area contributed by atoms with Crippen LogP contribution in [0.25, 0.3) is 0 Å². The van der Waals surface area contributed by atoms with Gasteiger partial charge in [0.1, 0.15) is 6.04 Å². The van der Waals surface area contributed by atoms with Gasteiger partial charge in [0.15, 0.2) is 0 Å². The van der Waals surface area contributed by atoms with Crippen molar-refractivity contribution >= 4 is 29.3 Å². The molecule has 1 atom stereocenters. The predicted octanol–water partition coefficient (Wildman–Crippen LogP) is 0.606. The summed E-state index contributed by atoms with van der Waals surface area (Å²) in [6.07, 6.45) is 2.45. The lowest BCUT2D eigenvalue weighted by Crippen LogP contribution is -2.44. The van der Waals surface area contributed by atoms with E-state index in [1.54, 1.807) is 36.0 Å². The second-order valence-corrected chi connectivity index (χ2v) is 4.82. The van der Waals surface area contributed by atoms with Gasteiger partial charge >= 0.3 is 0 Å². The molecule has 1 rings (SSSR count). The third-order valence-electron chi connectivity index (χ3n) is 2.41. The second-order valence-electron chi connectivity index (χ2n) is 3.84. The van der Waals surface area contributed by atoms with E-state index in [2.05, 4.69) is 5.32 Å². The Kier molecular flexibility index (Phi) is 5.51. The van der Waals surface area contributed by atoms with Crippen molar-refractivity contribution in [2.24, 2.45) is 5.73 Å². The zero-order chi connectivity index (χ0) is 13.5. The molecule has 0 saturated carbocycles. The first kappa shape index (κ1) is 14.4. The number of thioether (sulfide) groups is 1. The number of rotatable bonds is 6. The fourth-order valence-corrected chi connectivity index (χ4v) is 1.91. The van der Waals surface area contributed by atoms with E-state index in [0.717, 1.165) is 5.75 Å². The molecule has 98 valence electrons. The van der Waals surface area contributed by atoms with Crippen molar-refractivity contribution in [2.45, 2.75) is 12.5 Å². The van der Waals surface area contributed by atoms with E-state index in [9.17, 15) is 9.59 Å². The summed E-state index contributed by atoms with van der Waals surface area (Å²) in [6.45, 7) is 0. The molecule has 1 aromatic carbocycles. The number of nitrogens with one attached hydrogen (secondary N) is 1. The number of anilines is 1. The number of carbonyl (C=O) groups is 2. The first-order valence-electron chi connectivity index (χ1n) is 5.49. The van der Waals surface area contributed by atoms with Gasteiger partial charge < -0.3 is 16.8 Å². The highest BCUT2D eigenvalue weighted by Gasteiger charge is 2.18. The van der Waals surface area contributed by atoms with E-state index >= 15 is 0 Å². The molecule has 0 spiro atoms. The Hall–Kier alpha value is -1.69. The van der Waals surface area contributed by atoms with Crippen LogP contribution in [0.4, 0.5) is 5.69 Å². The van der Waals surface area contributed by atoms with Crippen molar-refractivity contribution in [3.05, 3.63) is 29.8 Å². The number of carbonyl (C=O) groups excluding carboxylic acids is 2. The summed E-state index contributed by atoms with van der Waals surface area (Å²) >= 11 is 1.59. The molecule has 18 heavy (non-hydrogen) atoms. The highest BCUT2D eigenvalue weighted by molar-refractivity contribution is 7.98. The van der Waals surface area contributed by atoms with Gasteiger partial charge in [0.25, 0.3) is 5.91 Å². The summed E-state index contributed by atoms with van der Waals surface area (Å²) in [5.41, 5.74) is 11.8. The lowest BCUT2D eigenvalue weighted by molar-refractivity contribution is -0.119. The monoisotopic (exact) mass is 267 g/mol. The van der Waals surface area contributed by atoms with Crippen molar-refractivity contribution in [1.82, 2.24) is 5.32 Å². The van der Waals surface area contributed by atoms with Crippen LogP contribution in [0.1, 0.15) is 16.8 Å². The summed E-state index contributed by atoms with van der Waals surface area (Å²) < 4.78 is 0. The van der Waals surface area contributed by atoms with E-state index in [4.69, 9.17) is 11.5 Å². The van der Waals surface area contributed by atoms with Crippen molar-refractivity contribution in [3.63, 3.8) is 0 Å². The Morgan fingerprint density at radius 2 is 2.17 bits per heavy atom. The third-order valence-corrected chi connectivity index (χ3v) is 3.05. The Morgan fingerprint density at radius 1 is 1.44 bits per heavy atom. The Bertz CT molecular complexity index is 437. The molecule has 0 heterocycles. The van der Waals surface area contributed by atoms with E-state index in [0.29, 0.717) is 17.7 Å². The van der Waals surface area contributed by atoms with Gasteiger partial charge in [0.05, 0.1) is 0 Å². The summed E-state index contributed by atoms with van der Waals surface area (Å²) in [5, 5.41) is 2.61. The maximum Gasteiger partial charge on any atom is 0.252 e. The topological polar surface area (TPSA) is 98.2 Å². The molecular formula is C12H17N3O2S. The number of nitrogens with two attached hydrogens (primary N) is 2. The first-order chi connectivity index (χ1) is 8.54. The van der Waals surface area contributed by atoms with Crippen LogP contribution < -0.4 is 16.8 Å². The van der Waals surface area contributed by atoms with Gasteiger partial charge in [0.2, 0.25) is 5.91 Å². The molecule has 1 aromatic rings. The van der Waals surface area contributed by atoms with Crippen LogP contribution in [0.15, 0.2) is 24.3 Å². The van der Waals surface area contributed by atoms with Crippen molar-refractivity contribution in [2.75, 3.05) is 17.7 Å². The van der Waals surface area contributed by atoms with Gasteiger partial charge in [-0.1, -0.05) is 6.07 Å². The van der Waals surface area contributed by atoms with Gasteiger partial charge in [-0.3, -0.25) is 9.59 Å². The molecular weight excluding hydrogens is 250 g/mol. The summed E-state index contributed by atoms with van der Waals surface area (Å²) in [6, 6.07) is 5.92.